The van der Waals surface area contributed by atoms with Crippen LogP contribution < -0.4 is 10.6 Å². The van der Waals surface area contributed by atoms with E-state index < -0.39 is 0 Å². The van der Waals surface area contributed by atoms with Crippen LogP contribution in [-0.4, -0.2) is 40.0 Å². The lowest BCUT2D eigenvalue weighted by atomic mass is 10.1. The summed E-state index contributed by atoms with van der Waals surface area (Å²) in [6.07, 6.45) is 5.84. The molecular weight excluding hydrogens is 276 g/mol. The van der Waals surface area contributed by atoms with E-state index in [9.17, 15) is 0 Å². The van der Waals surface area contributed by atoms with Crippen LogP contribution in [0.1, 0.15) is 22.5 Å². The lowest BCUT2D eigenvalue weighted by molar-refractivity contribution is 0.310. The predicted octanol–water partition coefficient (Wildman–Crippen LogP) is 1.25. The fourth-order valence-corrected chi connectivity index (χ4v) is 3.06. The van der Waals surface area contributed by atoms with Gasteiger partial charge in [0, 0.05) is 37.9 Å². The number of fused-ring (bicyclic) bond motifs is 2. The molecule has 0 aliphatic carbocycles. The van der Waals surface area contributed by atoms with Crippen molar-refractivity contribution in [1.29, 1.82) is 0 Å². The van der Waals surface area contributed by atoms with Crippen LogP contribution in [0.5, 0.6) is 0 Å². The van der Waals surface area contributed by atoms with E-state index in [0.29, 0.717) is 5.95 Å². The molecule has 0 bridgehead atoms. The normalized spacial score (nSPS) is 17.7. The molecule has 0 aromatic carbocycles. The molecule has 0 atom stereocenters. The average molecular weight is 296 g/mol. The molecule has 2 aromatic rings. The minimum absolute atomic E-state index is 0.647. The number of anilines is 2. The van der Waals surface area contributed by atoms with Gasteiger partial charge in [0.15, 0.2) is 0 Å². The maximum atomic E-state index is 4.61. The van der Waals surface area contributed by atoms with Crippen molar-refractivity contribution in [2.75, 3.05) is 25.5 Å². The van der Waals surface area contributed by atoms with Gasteiger partial charge in [0.05, 0.1) is 17.6 Å². The highest BCUT2D eigenvalue weighted by atomic mass is 15.1. The molecule has 6 heteroatoms. The van der Waals surface area contributed by atoms with Crippen LogP contribution >= 0.6 is 0 Å². The third kappa shape index (κ3) is 2.67. The van der Waals surface area contributed by atoms with Crippen molar-refractivity contribution in [2.24, 2.45) is 0 Å². The molecule has 0 fully saturated rings. The predicted molar refractivity (Wildman–Crippen MR) is 85.0 cm³/mol. The Morgan fingerprint density at radius 2 is 2.09 bits per heavy atom. The van der Waals surface area contributed by atoms with Crippen molar-refractivity contribution in [3.8, 4) is 0 Å². The van der Waals surface area contributed by atoms with Gasteiger partial charge in [-0.2, -0.15) is 0 Å². The quantitative estimate of drug-likeness (QED) is 0.869. The monoisotopic (exact) mass is 296 g/mol. The van der Waals surface area contributed by atoms with Gasteiger partial charge in [0.2, 0.25) is 5.95 Å². The van der Waals surface area contributed by atoms with Crippen LogP contribution in [0.4, 0.5) is 11.6 Å². The van der Waals surface area contributed by atoms with Crippen LogP contribution in [0.3, 0.4) is 0 Å². The summed E-state index contributed by atoms with van der Waals surface area (Å²) >= 11 is 0. The number of nitrogens with one attached hydrogen (secondary N) is 2. The Balaban J connectivity index is 1.57. The van der Waals surface area contributed by atoms with E-state index in [4.69, 9.17) is 0 Å². The highest BCUT2D eigenvalue weighted by molar-refractivity contribution is 5.54. The number of pyridine rings is 1. The standard InChI is InChI=1S/C16H20N6/c1-22-5-3-14-12(10-22)6-13(8-18-14)20-16-19-7-11-2-4-17-9-15(11)21-16/h6-8,17H,2-5,9-10H2,1H3,(H,19,20,21). The first-order valence-corrected chi connectivity index (χ1v) is 7.77. The van der Waals surface area contributed by atoms with Crippen molar-refractivity contribution < 1.29 is 0 Å². The van der Waals surface area contributed by atoms with Crippen LogP contribution in [0.25, 0.3) is 0 Å². The van der Waals surface area contributed by atoms with E-state index in [0.717, 1.165) is 50.4 Å². The minimum atomic E-state index is 0.647. The van der Waals surface area contributed by atoms with Crippen LogP contribution in [0.15, 0.2) is 18.5 Å². The summed E-state index contributed by atoms with van der Waals surface area (Å²) in [5.41, 5.74) is 5.79. The Labute approximate surface area is 130 Å². The van der Waals surface area contributed by atoms with Gasteiger partial charge in [-0.3, -0.25) is 4.98 Å². The summed E-state index contributed by atoms with van der Waals surface area (Å²) in [6, 6.07) is 2.17. The molecule has 2 aliphatic heterocycles. The first-order valence-electron chi connectivity index (χ1n) is 7.77. The van der Waals surface area contributed by atoms with Gasteiger partial charge < -0.3 is 15.5 Å². The smallest absolute Gasteiger partial charge is 0.227 e. The number of nitrogens with zero attached hydrogens (tertiary/aromatic N) is 4. The zero-order valence-electron chi connectivity index (χ0n) is 12.8. The lowest BCUT2D eigenvalue weighted by Gasteiger charge is -2.24. The van der Waals surface area contributed by atoms with Gasteiger partial charge in [-0.15, -0.1) is 0 Å². The Kier molecular flexibility index (Phi) is 3.48. The van der Waals surface area contributed by atoms with Crippen molar-refractivity contribution >= 4 is 11.6 Å². The van der Waals surface area contributed by atoms with Crippen LogP contribution in [0, 0.1) is 0 Å². The van der Waals surface area contributed by atoms with E-state index in [-0.39, 0.29) is 0 Å². The zero-order chi connectivity index (χ0) is 14.9. The van der Waals surface area contributed by atoms with Gasteiger partial charge in [0.1, 0.15) is 0 Å². The third-order valence-corrected chi connectivity index (χ3v) is 4.30. The Bertz CT molecular complexity index is 699. The van der Waals surface area contributed by atoms with Crippen molar-refractivity contribution in [2.45, 2.75) is 25.9 Å². The molecule has 2 aliphatic rings. The van der Waals surface area contributed by atoms with Crippen LogP contribution in [-0.2, 0) is 25.9 Å². The van der Waals surface area contributed by atoms with Gasteiger partial charge in [-0.05, 0) is 37.2 Å². The average Bonchev–Trinajstić information content (AvgIpc) is 2.54. The lowest BCUT2D eigenvalue weighted by Crippen LogP contribution is -2.27. The molecule has 22 heavy (non-hydrogen) atoms. The number of aromatic nitrogens is 3. The van der Waals surface area contributed by atoms with Crippen molar-refractivity contribution in [3.05, 3.63) is 41.0 Å². The van der Waals surface area contributed by atoms with Gasteiger partial charge >= 0.3 is 0 Å². The summed E-state index contributed by atoms with van der Waals surface area (Å²) in [6.45, 7) is 3.85. The third-order valence-electron chi connectivity index (χ3n) is 4.30. The Hall–Kier alpha value is -2.05. The second-order valence-corrected chi connectivity index (χ2v) is 6.03. The summed E-state index contributed by atoms with van der Waals surface area (Å²) in [4.78, 5) is 15.9. The fourth-order valence-electron chi connectivity index (χ4n) is 3.06. The van der Waals surface area contributed by atoms with E-state index >= 15 is 0 Å². The first kappa shape index (κ1) is 13.6. The first-order chi connectivity index (χ1) is 10.8. The highest BCUT2D eigenvalue weighted by Gasteiger charge is 2.15. The van der Waals surface area contributed by atoms with Crippen molar-refractivity contribution in [1.82, 2.24) is 25.2 Å². The molecular formula is C16H20N6. The maximum Gasteiger partial charge on any atom is 0.227 e. The molecule has 0 unspecified atom stereocenters. The van der Waals surface area contributed by atoms with E-state index in [1.807, 2.05) is 12.4 Å². The fraction of sp³-hybridized carbons (Fsp3) is 0.438. The molecule has 0 saturated carbocycles. The molecule has 0 spiro atoms. The number of hydrogen-bond acceptors (Lipinski definition) is 6. The molecule has 0 radical (unpaired) electrons. The molecule has 0 saturated heterocycles. The molecule has 4 rings (SSSR count). The SMILES string of the molecule is CN1CCc2ncc(Nc3ncc4c(n3)CNCC4)cc2C1. The molecule has 2 aromatic heterocycles. The molecule has 0 amide bonds. The summed E-state index contributed by atoms with van der Waals surface area (Å²) in [7, 11) is 2.14. The van der Waals surface area contributed by atoms with E-state index in [1.165, 1.54) is 16.8 Å². The number of hydrogen-bond donors (Lipinski definition) is 2. The van der Waals surface area contributed by atoms with E-state index in [2.05, 4.69) is 43.6 Å². The summed E-state index contributed by atoms with van der Waals surface area (Å²) < 4.78 is 0. The second kappa shape index (κ2) is 5.62. The van der Waals surface area contributed by atoms with Gasteiger partial charge in [-0.1, -0.05) is 0 Å². The molecule has 6 nitrogen and oxygen atoms in total. The van der Waals surface area contributed by atoms with Gasteiger partial charge in [-0.25, -0.2) is 9.97 Å². The Morgan fingerprint density at radius 3 is 3.05 bits per heavy atom. The minimum Gasteiger partial charge on any atom is -0.323 e. The highest BCUT2D eigenvalue weighted by Crippen LogP contribution is 2.21. The van der Waals surface area contributed by atoms with Gasteiger partial charge in [0.25, 0.3) is 0 Å². The summed E-state index contributed by atoms with van der Waals surface area (Å²) in [5.74, 6) is 0.647. The molecule has 114 valence electrons. The van der Waals surface area contributed by atoms with Crippen LogP contribution in [0.2, 0.25) is 0 Å². The number of likely N-dealkylation sites (N-methyl/N-ethyl adjacent to an activating group) is 1. The Morgan fingerprint density at radius 1 is 1.14 bits per heavy atom. The second-order valence-electron chi connectivity index (χ2n) is 6.03. The zero-order valence-corrected chi connectivity index (χ0v) is 12.8. The largest absolute Gasteiger partial charge is 0.323 e. The summed E-state index contributed by atoms with van der Waals surface area (Å²) in [5, 5.41) is 6.63. The number of rotatable bonds is 2. The molecule has 2 N–H and O–H groups in total. The maximum absolute atomic E-state index is 4.61. The van der Waals surface area contributed by atoms with Crippen molar-refractivity contribution in [3.63, 3.8) is 0 Å². The topological polar surface area (TPSA) is 66.0 Å². The van der Waals surface area contributed by atoms with E-state index in [1.54, 1.807) is 0 Å². The molecule has 4 heterocycles.